The van der Waals surface area contributed by atoms with E-state index in [1.54, 1.807) is 62.4 Å². The number of anilines is 2. The Bertz CT molecular complexity index is 1540. The van der Waals surface area contributed by atoms with Crippen LogP contribution in [0, 0.1) is 0 Å². The summed E-state index contributed by atoms with van der Waals surface area (Å²) in [6.07, 6.45) is 0.839. The average Bonchev–Trinajstić information content (AvgIpc) is 3.04. The van der Waals surface area contributed by atoms with Crippen molar-refractivity contribution < 1.29 is 66.7 Å². The summed E-state index contributed by atoms with van der Waals surface area (Å²) >= 11 is 0. The van der Waals surface area contributed by atoms with Gasteiger partial charge in [0.25, 0.3) is 11.6 Å². The van der Waals surface area contributed by atoms with E-state index in [4.69, 9.17) is 34.2 Å². The van der Waals surface area contributed by atoms with E-state index in [2.05, 4.69) is 14.8 Å². The van der Waals surface area contributed by atoms with Gasteiger partial charge in [0.05, 0.1) is 30.0 Å². The zero-order valence-corrected chi connectivity index (χ0v) is 31.6. The Balaban J connectivity index is 0.000000392. The zero-order valence-electron chi connectivity index (χ0n) is 31.6. The second kappa shape index (κ2) is 22.5. The van der Waals surface area contributed by atoms with Gasteiger partial charge in [0.1, 0.15) is 6.42 Å². The molecule has 0 radical (unpaired) electrons. The second-order valence-electron chi connectivity index (χ2n) is 11.5. The number of nitrogens with one attached hydrogen (secondary N) is 1. The third-order valence-corrected chi connectivity index (χ3v) is 6.12. The molecular formula is C37H50N2O14. The molecule has 2 heterocycles. The maximum Gasteiger partial charge on any atom is 0.350 e. The van der Waals surface area contributed by atoms with E-state index in [1.165, 1.54) is 27.7 Å². The van der Waals surface area contributed by atoms with Crippen molar-refractivity contribution in [2.24, 2.45) is 0 Å². The number of hydrogen-bond donors (Lipinski definition) is 2. The number of para-hydroxylation sites is 1. The van der Waals surface area contributed by atoms with Crippen LogP contribution in [0.2, 0.25) is 0 Å². The molecule has 3 N–H and O–H groups in total. The number of cyclic esters (lactones) is 4. The molecule has 2 saturated heterocycles. The van der Waals surface area contributed by atoms with E-state index in [-0.39, 0.29) is 36.4 Å². The van der Waals surface area contributed by atoms with Crippen LogP contribution in [0.3, 0.4) is 0 Å². The summed E-state index contributed by atoms with van der Waals surface area (Å²) in [7, 11) is 0. The lowest BCUT2D eigenvalue weighted by Crippen LogP contribution is -2.42. The Hall–Kier alpha value is -5.48. The van der Waals surface area contributed by atoms with Crippen molar-refractivity contribution in [2.75, 3.05) is 37.5 Å². The summed E-state index contributed by atoms with van der Waals surface area (Å²) in [6, 6.07) is 13.3. The van der Waals surface area contributed by atoms with Crippen LogP contribution in [0.5, 0.6) is 0 Å². The molecule has 0 aliphatic carbocycles. The van der Waals surface area contributed by atoms with Crippen LogP contribution in [0.4, 0.5) is 11.4 Å². The number of esters is 6. The van der Waals surface area contributed by atoms with Crippen LogP contribution in [-0.4, -0.2) is 80.1 Å². The van der Waals surface area contributed by atoms with Crippen molar-refractivity contribution in [3.63, 3.8) is 0 Å². The molecule has 16 nitrogen and oxygen atoms in total. The Morgan fingerprint density at radius 1 is 0.755 bits per heavy atom. The molecule has 0 bridgehead atoms. The van der Waals surface area contributed by atoms with Crippen LogP contribution < -0.4 is 11.1 Å². The molecule has 0 unspecified atom stereocenters. The number of rotatable bonds is 10. The molecule has 4 rings (SSSR count). The van der Waals surface area contributed by atoms with Crippen LogP contribution in [0.25, 0.3) is 0 Å². The Morgan fingerprint density at radius 2 is 1.26 bits per heavy atom. The van der Waals surface area contributed by atoms with Gasteiger partial charge in [-0.05, 0) is 65.0 Å². The van der Waals surface area contributed by atoms with Crippen molar-refractivity contribution in [1.82, 2.24) is 0 Å². The molecule has 2 fully saturated rings. The monoisotopic (exact) mass is 746 g/mol. The third-order valence-electron chi connectivity index (χ3n) is 6.12. The summed E-state index contributed by atoms with van der Waals surface area (Å²) in [6.45, 7) is 17.3. The van der Waals surface area contributed by atoms with Crippen molar-refractivity contribution in [3.05, 3.63) is 71.4 Å². The first-order chi connectivity index (χ1) is 24.9. The normalized spacial score (nSPS) is 15.2. The first-order valence-corrected chi connectivity index (χ1v) is 16.8. The molecule has 0 saturated carbocycles. The van der Waals surface area contributed by atoms with Crippen molar-refractivity contribution in [2.45, 2.75) is 86.6 Å². The Morgan fingerprint density at radius 3 is 1.75 bits per heavy atom. The van der Waals surface area contributed by atoms with Crippen LogP contribution in [0.15, 0.2) is 60.3 Å². The fourth-order valence-electron chi connectivity index (χ4n) is 4.08. The summed E-state index contributed by atoms with van der Waals surface area (Å²) < 4.78 is 39.1. The number of hydrogen-bond acceptors (Lipinski definition) is 16. The van der Waals surface area contributed by atoms with E-state index >= 15 is 0 Å². The number of carbonyl (C=O) groups is 6. The van der Waals surface area contributed by atoms with Gasteiger partial charge in [-0.3, -0.25) is 9.59 Å². The molecule has 0 aromatic heterocycles. The van der Waals surface area contributed by atoms with Crippen LogP contribution in [0.1, 0.15) is 89.5 Å². The molecule has 0 amide bonds. The minimum Gasteiger partial charge on any atom is -0.462 e. The van der Waals surface area contributed by atoms with Crippen molar-refractivity contribution in [1.29, 1.82) is 0 Å². The standard InChI is InChI=1S/C16H17NO6.C9H11NO2.C6H8O4.C6H14O2/c1-4-21-13(18)10-7-5-6-8-12(10)17-9-11-14(19)22-16(2,3)23-15(11)20;1-2-12-9(11)7-4-3-5-8(10)6-7;1-6(2)9-4(7)3-5(8)10-6;1-4-7-6(3)8-5-2/h5-9,17H,4H2,1-3H3;3-6H,2,10H2,1H3;3H2,1-2H3;6H,4-5H2,1-3H3. The van der Waals surface area contributed by atoms with E-state index in [0.717, 1.165) is 19.4 Å². The fraction of sp³-hybridized carbons (Fsp3) is 0.459. The van der Waals surface area contributed by atoms with Gasteiger partial charge >= 0.3 is 35.8 Å². The Kier molecular flexibility index (Phi) is 19.3. The minimum absolute atomic E-state index is 0.0370. The first-order valence-electron chi connectivity index (χ1n) is 16.8. The fourth-order valence-corrected chi connectivity index (χ4v) is 4.08. The predicted octanol–water partition coefficient (Wildman–Crippen LogP) is 5.06. The smallest absolute Gasteiger partial charge is 0.350 e. The van der Waals surface area contributed by atoms with Gasteiger partial charge in [-0.1, -0.05) is 18.2 Å². The summed E-state index contributed by atoms with van der Waals surface area (Å²) in [5.41, 5.74) is 6.94. The average molecular weight is 747 g/mol. The second-order valence-corrected chi connectivity index (χ2v) is 11.5. The zero-order chi connectivity index (χ0) is 40.2. The molecule has 2 aromatic carbocycles. The molecular weight excluding hydrogens is 696 g/mol. The van der Waals surface area contributed by atoms with Crippen LogP contribution >= 0.6 is 0 Å². The molecule has 292 valence electrons. The van der Waals surface area contributed by atoms with E-state index < -0.39 is 41.4 Å². The first kappa shape index (κ1) is 45.5. The maximum atomic E-state index is 11.9. The molecule has 0 atom stereocenters. The van der Waals surface area contributed by atoms with Gasteiger partial charge in [-0.15, -0.1) is 0 Å². The summed E-state index contributed by atoms with van der Waals surface area (Å²) in [4.78, 5) is 67.8. The van der Waals surface area contributed by atoms with Gasteiger partial charge in [0, 0.05) is 52.8 Å². The highest BCUT2D eigenvalue weighted by atomic mass is 16.8. The lowest BCUT2D eigenvalue weighted by atomic mass is 10.1. The lowest BCUT2D eigenvalue weighted by molar-refractivity contribution is -0.231. The maximum absolute atomic E-state index is 11.9. The highest BCUT2D eigenvalue weighted by molar-refractivity contribution is 6.15. The van der Waals surface area contributed by atoms with Gasteiger partial charge in [-0.2, -0.15) is 0 Å². The van der Waals surface area contributed by atoms with E-state index in [9.17, 15) is 28.8 Å². The third kappa shape index (κ3) is 17.5. The van der Waals surface area contributed by atoms with Crippen LogP contribution in [-0.2, 0) is 57.1 Å². The molecule has 2 aliphatic rings. The number of carbonyl (C=O) groups excluding carboxylic acids is 6. The van der Waals surface area contributed by atoms with Gasteiger partial charge in [0.15, 0.2) is 11.9 Å². The predicted molar refractivity (Wildman–Crippen MR) is 191 cm³/mol. The van der Waals surface area contributed by atoms with Gasteiger partial charge < -0.3 is 48.9 Å². The number of nitrogens with two attached hydrogens (primary N) is 1. The van der Waals surface area contributed by atoms with Gasteiger partial charge in [-0.25, -0.2) is 19.2 Å². The van der Waals surface area contributed by atoms with Crippen molar-refractivity contribution in [3.8, 4) is 0 Å². The lowest BCUT2D eigenvalue weighted by Gasteiger charge is -2.29. The van der Waals surface area contributed by atoms with E-state index in [1.807, 2.05) is 20.8 Å². The van der Waals surface area contributed by atoms with Gasteiger partial charge in [0.2, 0.25) is 0 Å². The molecule has 53 heavy (non-hydrogen) atoms. The number of benzene rings is 2. The highest BCUT2D eigenvalue weighted by Gasteiger charge is 2.39. The Labute approximate surface area is 309 Å². The number of nitrogen functional groups attached to an aromatic ring is 1. The number of ether oxygens (including phenoxy) is 8. The largest absolute Gasteiger partial charge is 0.462 e. The molecule has 0 spiro atoms. The summed E-state index contributed by atoms with van der Waals surface area (Å²) in [5.74, 6) is -5.86. The SMILES string of the molecule is CC1(C)OC(=O)CC(=O)O1.CCOC(=O)c1cccc(N)c1.CCOC(=O)c1ccccc1NC=C1C(=O)OC(C)(C)OC1=O.CCOC(C)OCC. The quantitative estimate of drug-likeness (QED) is 0.0618. The van der Waals surface area contributed by atoms with Crippen molar-refractivity contribution >= 4 is 47.2 Å². The molecule has 16 heteroatoms. The molecule has 2 aromatic rings. The highest BCUT2D eigenvalue weighted by Crippen LogP contribution is 2.24. The topological polar surface area (TPSA) is 214 Å². The minimum atomic E-state index is -1.30. The molecule has 2 aliphatic heterocycles. The van der Waals surface area contributed by atoms with E-state index in [0.29, 0.717) is 23.5 Å². The summed E-state index contributed by atoms with van der Waals surface area (Å²) in [5, 5.41) is 2.75.